The third-order valence-corrected chi connectivity index (χ3v) is 5.75. The van der Waals surface area contributed by atoms with Gasteiger partial charge in [-0.3, -0.25) is 0 Å². The molecule has 0 aliphatic heterocycles. The second-order valence-corrected chi connectivity index (χ2v) is 8.43. The monoisotopic (exact) mass is 322 g/mol. The molecule has 0 amide bonds. The lowest BCUT2D eigenvalue weighted by molar-refractivity contribution is -0.660. The molecule has 0 spiro atoms. The number of hydrogen-bond acceptors (Lipinski definition) is 0. The molecular weight excluding hydrogens is 290 g/mol. The number of aryl methyl sites for hydroxylation is 2. The Kier molecular flexibility index (Phi) is 4.80. The van der Waals surface area contributed by atoms with Gasteiger partial charge < -0.3 is 0 Å². The maximum atomic E-state index is 2.44. The topological polar surface area (TPSA) is 3.88 Å². The SMILES string of the molecule is Cc1cc(C2(C)CCCC2)ccc1-c1ccc(CC(C)C)c[n+]1C. The predicted octanol–water partition coefficient (Wildman–Crippen LogP) is 5.52. The van der Waals surface area contributed by atoms with Crippen LogP contribution in [0.5, 0.6) is 0 Å². The molecule has 1 heterocycles. The Hall–Kier alpha value is -1.63. The molecule has 0 radical (unpaired) electrons. The fourth-order valence-corrected chi connectivity index (χ4v) is 4.31. The van der Waals surface area contributed by atoms with Crippen LogP contribution in [0.4, 0.5) is 0 Å². The van der Waals surface area contributed by atoms with Crippen LogP contribution in [0.1, 0.15) is 63.1 Å². The molecule has 1 aliphatic carbocycles. The molecule has 3 rings (SSSR count). The third kappa shape index (κ3) is 3.41. The summed E-state index contributed by atoms with van der Waals surface area (Å²) in [6.45, 7) is 9.26. The van der Waals surface area contributed by atoms with E-state index in [2.05, 4.69) is 75.8 Å². The lowest BCUT2D eigenvalue weighted by atomic mass is 9.80. The molecule has 0 N–H and O–H groups in total. The average Bonchev–Trinajstić information content (AvgIpc) is 2.95. The van der Waals surface area contributed by atoms with Crippen LogP contribution in [0, 0.1) is 12.8 Å². The van der Waals surface area contributed by atoms with E-state index in [0.717, 1.165) is 6.42 Å². The summed E-state index contributed by atoms with van der Waals surface area (Å²) in [4.78, 5) is 0. The first-order chi connectivity index (χ1) is 11.4. The Morgan fingerprint density at radius 1 is 1.08 bits per heavy atom. The van der Waals surface area contributed by atoms with Gasteiger partial charge in [0.05, 0.1) is 0 Å². The molecule has 2 aromatic rings. The molecule has 1 aromatic carbocycles. The highest BCUT2D eigenvalue weighted by molar-refractivity contribution is 5.62. The molecule has 1 nitrogen and oxygen atoms in total. The van der Waals surface area contributed by atoms with Crippen molar-refractivity contribution in [2.24, 2.45) is 13.0 Å². The fraction of sp³-hybridized carbons (Fsp3) is 0.522. The van der Waals surface area contributed by atoms with Gasteiger partial charge in [-0.2, -0.15) is 0 Å². The molecule has 0 bridgehead atoms. The fourth-order valence-electron chi connectivity index (χ4n) is 4.31. The lowest BCUT2D eigenvalue weighted by Gasteiger charge is -2.25. The van der Waals surface area contributed by atoms with Gasteiger partial charge in [0.1, 0.15) is 7.05 Å². The maximum Gasteiger partial charge on any atom is 0.212 e. The Bertz CT molecular complexity index is 721. The quantitative estimate of drug-likeness (QED) is 0.653. The van der Waals surface area contributed by atoms with Gasteiger partial charge in [-0.25, -0.2) is 4.57 Å². The van der Waals surface area contributed by atoms with Crippen molar-refractivity contribution in [1.82, 2.24) is 0 Å². The van der Waals surface area contributed by atoms with Gasteiger partial charge in [0.15, 0.2) is 6.20 Å². The lowest BCUT2D eigenvalue weighted by Crippen LogP contribution is -2.31. The van der Waals surface area contributed by atoms with Crippen molar-refractivity contribution in [3.63, 3.8) is 0 Å². The van der Waals surface area contributed by atoms with Crippen molar-refractivity contribution in [3.05, 3.63) is 53.2 Å². The second-order valence-electron chi connectivity index (χ2n) is 8.43. The molecule has 128 valence electrons. The van der Waals surface area contributed by atoms with Gasteiger partial charge in [-0.15, -0.1) is 0 Å². The van der Waals surface area contributed by atoms with E-state index in [1.165, 1.54) is 53.6 Å². The molecule has 0 atom stereocenters. The normalized spacial score (nSPS) is 16.8. The molecule has 0 unspecified atom stereocenters. The summed E-state index contributed by atoms with van der Waals surface area (Å²) in [5.41, 5.74) is 7.41. The van der Waals surface area contributed by atoms with Crippen LogP contribution in [0.3, 0.4) is 0 Å². The van der Waals surface area contributed by atoms with Crippen LogP contribution >= 0.6 is 0 Å². The number of benzene rings is 1. The highest BCUT2D eigenvalue weighted by Gasteiger charge is 2.31. The second kappa shape index (κ2) is 6.70. The van der Waals surface area contributed by atoms with Crippen molar-refractivity contribution >= 4 is 0 Å². The van der Waals surface area contributed by atoms with Crippen molar-refractivity contribution in [3.8, 4) is 11.3 Å². The number of aromatic nitrogens is 1. The van der Waals surface area contributed by atoms with E-state index in [0.29, 0.717) is 11.3 Å². The zero-order valence-corrected chi connectivity index (χ0v) is 16.0. The van der Waals surface area contributed by atoms with E-state index in [-0.39, 0.29) is 0 Å². The summed E-state index contributed by atoms with van der Waals surface area (Å²) in [5.74, 6) is 0.698. The summed E-state index contributed by atoms with van der Waals surface area (Å²) in [6, 6.07) is 11.7. The molecule has 0 saturated heterocycles. The first-order valence-corrected chi connectivity index (χ1v) is 9.49. The maximum absolute atomic E-state index is 2.44. The van der Waals surface area contributed by atoms with Crippen LogP contribution in [0.25, 0.3) is 11.3 Å². The van der Waals surface area contributed by atoms with Gasteiger partial charge in [0.2, 0.25) is 5.69 Å². The van der Waals surface area contributed by atoms with Crippen molar-refractivity contribution in [1.29, 1.82) is 0 Å². The zero-order chi connectivity index (χ0) is 17.3. The summed E-state index contributed by atoms with van der Waals surface area (Å²) >= 11 is 0. The Labute approximate surface area is 147 Å². The number of hydrogen-bond donors (Lipinski definition) is 0. The minimum absolute atomic E-state index is 0.395. The van der Waals surface area contributed by atoms with Crippen LogP contribution in [-0.4, -0.2) is 0 Å². The van der Waals surface area contributed by atoms with Crippen LogP contribution in [0.2, 0.25) is 0 Å². The van der Waals surface area contributed by atoms with E-state index in [9.17, 15) is 0 Å². The van der Waals surface area contributed by atoms with Gasteiger partial charge in [0.25, 0.3) is 0 Å². The van der Waals surface area contributed by atoms with E-state index < -0.39 is 0 Å². The molecule has 1 aromatic heterocycles. The van der Waals surface area contributed by atoms with Gasteiger partial charge in [-0.05, 0) is 60.8 Å². The molecule has 1 fully saturated rings. The van der Waals surface area contributed by atoms with Crippen molar-refractivity contribution in [2.75, 3.05) is 0 Å². The predicted molar refractivity (Wildman–Crippen MR) is 102 cm³/mol. The Morgan fingerprint density at radius 3 is 2.38 bits per heavy atom. The summed E-state index contributed by atoms with van der Waals surface area (Å²) < 4.78 is 2.29. The molecule has 24 heavy (non-hydrogen) atoms. The molecule has 1 heteroatoms. The summed E-state index contributed by atoms with van der Waals surface area (Å²) in [7, 11) is 2.17. The summed E-state index contributed by atoms with van der Waals surface area (Å²) in [5, 5.41) is 0. The van der Waals surface area contributed by atoms with Crippen molar-refractivity contribution in [2.45, 2.75) is 65.2 Å². The highest BCUT2D eigenvalue weighted by atomic mass is 14.9. The Balaban J connectivity index is 1.92. The highest BCUT2D eigenvalue weighted by Crippen LogP contribution is 2.41. The molecule has 1 saturated carbocycles. The number of pyridine rings is 1. The van der Waals surface area contributed by atoms with Crippen molar-refractivity contribution < 1.29 is 4.57 Å². The van der Waals surface area contributed by atoms with E-state index in [1.54, 1.807) is 0 Å². The standard InChI is InChI=1S/C23H32N/c1-17(2)14-19-8-11-22(24(5)16-19)21-10-9-20(15-18(21)3)23(4)12-6-7-13-23/h8-11,15-17H,6-7,12-14H2,1-5H3/q+1. The van der Waals surface area contributed by atoms with Gasteiger partial charge in [0, 0.05) is 17.2 Å². The van der Waals surface area contributed by atoms with Crippen LogP contribution in [0.15, 0.2) is 36.5 Å². The first-order valence-electron chi connectivity index (χ1n) is 9.49. The molecular formula is C23H32N+. The smallest absolute Gasteiger partial charge is 0.201 e. The van der Waals surface area contributed by atoms with Gasteiger partial charge in [-0.1, -0.05) is 45.7 Å². The average molecular weight is 323 g/mol. The minimum Gasteiger partial charge on any atom is -0.201 e. The molecule has 1 aliphatic rings. The van der Waals surface area contributed by atoms with Crippen LogP contribution in [-0.2, 0) is 18.9 Å². The van der Waals surface area contributed by atoms with Crippen LogP contribution < -0.4 is 4.57 Å². The number of rotatable bonds is 4. The third-order valence-electron chi connectivity index (χ3n) is 5.75. The summed E-state index contributed by atoms with van der Waals surface area (Å²) in [6.07, 6.45) is 8.87. The largest absolute Gasteiger partial charge is 0.212 e. The minimum atomic E-state index is 0.395. The van der Waals surface area contributed by atoms with E-state index in [1.807, 2.05) is 0 Å². The van der Waals surface area contributed by atoms with E-state index in [4.69, 9.17) is 0 Å². The zero-order valence-electron chi connectivity index (χ0n) is 16.0. The number of nitrogens with zero attached hydrogens (tertiary/aromatic N) is 1. The van der Waals surface area contributed by atoms with Gasteiger partial charge >= 0.3 is 0 Å². The first kappa shape index (κ1) is 17.2. The van der Waals surface area contributed by atoms with E-state index >= 15 is 0 Å². The Morgan fingerprint density at radius 2 is 1.79 bits per heavy atom.